The molecule has 0 bridgehead atoms. The summed E-state index contributed by atoms with van der Waals surface area (Å²) in [6, 6.07) is 1.37. The van der Waals surface area contributed by atoms with Crippen LogP contribution in [0.3, 0.4) is 0 Å². The van der Waals surface area contributed by atoms with E-state index >= 15 is 0 Å². The summed E-state index contributed by atoms with van der Waals surface area (Å²) in [5, 5.41) is 0. The Balaban J connectivity index is 2.77. The van der Waals surface area contributed by atoms with Crippen molar-refractivity contribution in [2.75, 3.05) is 20.6 Å². The second kappa shape index (κ2) is 7.46. The molecule has 0 amide bonds. The van der Waals surface area contributed by atoms with Gasteiger partial charge in [0.2, 0.25) is 0 Å². The Labute approximate surface area is 69.4 Å². The average Bonchev–Trinajstić information content (AvgIpc) is 1.87. The molecule has 0 atom stereocenters. The summed E-state index contributed by atoms with van der Waals surface area (Å²) in [7, 11) is 5.13. The Bertz CT molecular complexity index is 70.8. The third-order valence-corrected chi connectivity index (χ3v) is 3.88. The fourth-order valence-electron chi connectivity index (χ4n) is 0.851. The van der Waals surface area contributed by atoms with Crippen LogP contribution in [0.5, 0.6) is 0 Å². The molecule has 0 aromatic rings. The fourth-order valence-corrected chi connectivity index (χ4v) is 2.56. The van der Waals surface area contributed by atoms with E-state index in [0.717, 1.165) is 10.5 Å². The first-order valence-electron chi connectivity index (χ1n) is 3.91. The SMILES string of the molecule is CN(C)CCCC[SiH2]O[SiH3]. The van der Waals surface area contributed by atoms with Crippen LogP contribution in [0.1, 0.15) is 12.8 Å². The summed E-state index contributed by atoms with van der Waals surface area (Å²) in [5.74, 6) is 0. The lowest BCUT2D eigenvalue weighted by atomic mass is 10.3. The van der Waals surface area contributed by atoms with Crippen molar-refractivity contribution < 1.29 is 4.12 Å². The van der Waals surface area contributed by atoms with Gasteiger partial charge in [-0.25, -0.2) is 0 Å². The van der Waals surface area contributed by atoms with Crippen molar-refractivity contribution in [1.82, 2.24) is 4.90 Å². The molecule has 10 heavy (non-hydrogen) atoms. The van der Waals surface area contributed by atoms with Gasteiger partial charge in [-0.3, -0.25) is 0 Å². The standard InChI is InChI=1S/C6H19NOSi2/c1-7(2)5-3-4-6-10-8-9/h3-6,10H2,1-2,9H3. The zero-order valence-electron chi connectivity index (χ0n) is 7.39. The maximum Gasteiger partial charge on any atom is 0.145 e. The summed E-state index contributed by atoms with van der Waals surface area (Å²) in [4.78, 5) is 2.24. The molecule has 0 fully saturated rings. The largest absolute Gasteiger partial charge is 0.468 e. The van der Waals surface area contributed by atoms with Crippen molar-refractivity contribution in [1.29, 1.82) is 0 Å². The highest BCUT2D eigenvalue weighted by molar-refractivity contribution is 6.34. The van der Waals surface area contributed by atoms with Gasteiger partial charge in [0, 0.05) is 0 Å². The van der Waals surface area contributed by atoms with Crippen molar-refractivity contribution >= 4 is 20.2 Å². The number of hydrogen-bond donors (Lipinski definition) is 0. The van der Waals surface area contributed by atoms with Crippen LogP contribution in [0.4, 0.5) is 0 Å². The highest BCUT2D eigenvalue weighted by atomic mass is 28.3. The van der Waals surface area contributed by atoms with Crippen LogP contribution in [0.2, 0.25) is 6.04 Å². The van der Waals surface area contributed by atoms with Crippen molar-refractivity contribution in [2.24, 2.45) is 0 Å². The molecule has 0 aromatic heterocycles. The molecule has 0 N–H and O–H groups in total. The summed E-state index contributed by atoms with van der Waals surface area (Å²) in [6.07, 6.45) is 2.71. The molecule has 0 aliphatic carbocycles. The minimum atomic E-state index is -0.0800. The minimum absolute atomic E-state index is 0.0800. The van der Waals surface area contributed by atoms with E-state index in [2.05, 4.69) is 19.0 Å². The first-order chi connectivity index (χ1) is 4.77. The summed E-state index contributed by atoms with van der Waals surface area (Å²) >= 11 is 0. The van der Waals surface area contributed by atoms with Gasteiger partial charge < -0.3 is 9.02 Å². The second-order valence-corrected chi connectivity index (χ2v) is 6.28. The van der Waals surface area contributed by atoms with Crippen LogP contribution in [-0.2, 0) is 4.12 Å². The Morgan fingerprint density at radius 2 is 2.10 bits per heavy atom. The van der Waals surface area contributed by atoms with Gasteiger partial charge in [0.1, 0.15) is 20.2 Å². The quantitative estimate of drug-likeness (QED) is 0.386. The summed E-state index contributed by atoms with van der Waals surface area (Å²) in [5.41, 5.74) is 0. The molecule has 4 heteroatoms. The van der Waals surface area contributed by atoms with Gasteiger partial charge >= 0.3 is 0 Å². The maximum absolute atomic E-state index is 5.21. The normalized spacial score (nSPS) is 12.3. The van der Waals surface area contributed by atoms with E-state index < -0.39 is 0 Å². The van der Waals surface area contributed by atoms with Gasteiger partial charge in [0.25, 0.3) is 0 Å². The first-order valence-corrected chi connectivity index (χ1v) is 6.30. The number of nitrogens with zero attached hydrogens (tertiary/aromatic N) is 1. The molecular weight excluding hydrogens is 158 g/mol. The Kier molecular flexibility index (Phi) is 7.72. The molecule has 0 aliphatic heterocycles. The molecule has 0 heterocycles. The summed E-state index contributed by atoms with van der Waals surface area (Å²) in [6.45, 7) is 1.23. The van der Waals surface area contributed by atoms with E-state index in [4.69, 9.17) is 4.12 Å². The van der Waals surface area contributed by atoms with E-state index in [0.29, 0.717) is 0 Å². The van der Waals surface area contributed by atoms with Crippen LogP contribution in [0.25, 0.3) is 0 Å². The predicted octanol–water partition coefficient (Wildman–Crippen LogP) is -0.873. The third-order valence-electron chi connectivity index (χ3n) is 1.45. The highest BCUT2D eigenvalue weighted by Gasteiger charge is 1.90. The van der Waals surface area contributed by atoms with E-state index in [1.807, 2.05) is 0 Å². The Morgan fingerprint density at radius 3 is 2.60 bits per heavy atom. The smallest absolute Gasteiger partial charge is 0.145 e. The molecule has 2 nitrogen and oxygen atoms in total. The van der Waals surface area contributed by atoms with Gasteiger partial charge in [0.15, 0.2) is 0 Å². The van der Waals surface area contributed by atoms with Crippen LogP contribution in [-0.4, -0.2) is 45.8 Å². The lowest BCUT2D eigenvalue weighted by Crippen LogP contribution is -2.12. The average molecular weight is 177 g/mol. The second-order valence-electron chi connectivity index (χ2n) is 2.86. The molecule has 0 spiro atoms. The van der Waals surface area contributed by atoms with Crippen LogP contribution in [0, 0.1) is 0 Å². The number of unbranched alkanes of at least 4 members (excludes halogenated alkanes) is 1. The van der Waals surface area contributed by atoms with E-state index in [1.54, 1.807) is 0 Å². The lowest BCUT2D eigenvalue weighted by molar-refractivity contribution is 0.397. The zero-order valence-corrected chi connectivity index (χ0v) is 10.8. The van der Waals surface area contributed by atoms with Gasteiger partial charge in [-0.2, -0.15) is 0 Å². The molecule has 0 saturated heterocycles. The number of rotatable bonds is 6. The molecule has 0 radical (unpaired) electrons. The summed E-state index contributed by atoms with van der Waals surface area (Å²) < 4.78 is 5.21. The lowest BCUT2D eigenvalue weighted by Gasteiger charge is -2.07. The van der Waals surface area contributed by atoms with Crippen LogP contribution in [0.15, 0.2) is 0 Å². The molecule has 62 valence electrons. The highest BCUT2D eigenvalue weighted by Crippen LogP contribution is 1.95. The van der Waals surface area contributed by atoms with Gasteiger partial charge in [-0.1, -0.05) is 6.42 Å². The topological polar surface area (TPSA) is 12.5 Å². The van der Waals surface area contributed by atoms with Crippen molar-refractivity contribution in [3.8, 4) is 0 Å². The van der Waals surface area contributed by atoms with Crippen molar-refractivity contribution in [3.63, 3.8) is 0 Å². The Morgan fingerprint density at radius 1 is 1.40 bits per heavy atom. The van der Waals surface area contributed by atoms with Gasteiger partial charge in [0.05, 0.1) is 0 Å². The number of hydrogen-bond acceptors (Lipinski definition) is 2. The van der Waals surface area contributed by atoms with E-state index in [-0.39, 0.29) is 9.76 Å². The monoisotopic (exact) mass is 177 g/mol. The third kappa shape index (κ3) is 8.35. The van der Waals surface area contributed by atoms with Gasteiger partial charge in [-0.15, -0.1) is 0 Å². The molecule has 0 rings (SSSR count). The minimum Gasteiger partial charge on any atom is -0.468 e. The van der Waals surface area contributed by atoms with Crippen molar-refractivity contribution in [2.45, 2.75) is 18.9 Å². The Hall–Kier alpha value is 0.354. The molecule has 0 aromatic carbocycles. The van der Waals surface area contributed by atoms with Crippen molar-refractivity contribution in [3.05, 3.63) is 0 Å². The van der Waals surface area contributed by atoms with E-state index in [9.17, 15) is 0 Å². The predicted molar refractivity (Wildman–Crippen MR) is 52.2 cm³/mol. The molecular formula is C6H19NOSi2. The van der Waals surface area contributed by atoms with Crippen LogP contribution < -0.4 is 0 Å². The van der Waals surface area contributed by atoms with Gasteiger partial charge in [-0.05, 0) is 33.1 Å². The maximum atomic E-state index is 5.21. The molecule has 0 saturated carbocycles. The fraction of sp³-hybridized carbons (Fsp3) is 1.00. The molecule has 0 aliphatic rings. The first kappa shape index (κ1) is 10.4. The molecule has 0 unspecified atom stereocenters. The van der Waals surface area contributed by atoms with Crippen LogP contribution >= 0.6 is 0 Å². The van der Waals surface area contributed by atoms with E-state index in [1.165, 1.54) is 25.4 Å². The zero-order chi connectivity index (χ0) is 7.82.